The van der Waals surface area contributed by atoms with Gasteiger partial charge in [0.25, 0.3) is 0 Å². The van der Waals surface area contributed by atoms with Gasteiger partial charge in [-0.25, -0.2) is 0 Å². The molecule has 0 aromatic heterocycles. The van der Waals surface area contributed by atoms with Crippen molar-refractivity contribution in [2.45, 2.75) is 25.0 Å². The fourth-order valence-corrected chi connectivity index (χ4v) is 17.0. The lowest BCUT2D eigenvalue weighted by atomic mass is 9.64. The van der Waals surface area contributed by atoms with Crippen LogP contribution >= 0.6 is 23.5 Å². The van der Waals surface area contributed by atoms with Crippen LogP contribution in [0.5, 0.6) is 0 Å². The van der Waals surface area contributed by atoms with Crippen LogP contribution in [0.4, 0.5) is 17.1 Å². The maximum Gasteiger partial charge on any atom is 0.180 e. The summed E-state index contributed by atoms with van der Waals surface area (Å²) in [5.41, 5.74) is 8.56. The van der Waals surface area contributed by atoms with Gasteiger partial charge >= 0.3 is 0 Å². The first-order valence-electron chi connectivity index (χ1n) is 18.2. The maximum absolute atomic E-state index is 2.79. The zero-order valence-corrected chi connectivity index (χ0v) is 31.4. The third-order valence-corrected chi connectivity index (χ3v) is 18.6. The van der Waals surface area contributed by atoms with E-state index in [1.54, 1.807) is 0 Å². The highest BCUT2D eigenvalue weighted by atomic mass is 32.2. The van der Waals surface area contributed by atoms with Crippen LogP contribution in [0, 0.1) is 0 Å². The first kappa shape index (κ1) is 31.0. The first-order chi connectivity index (χ1) is 26.3. The largest absolute Gasteiger partial charge is 0.308 e. The highest BCUT2D eigenvalue weighted by Gasteiger charge is 2.57. The van der Waals surface area contributed by atoms with E-state index in [1.807, 2.05) is 23.5 Å². The summed E-state index contributed by atoms with van der Waals surface area (Å²) >= 11 is 3.77. The Labute approximate surface area is 320 Å². The second-order valence-corrected chi connectivity index (χ2v) is 19.9. The molecule has 0 fully saturated rings. The SMILES string of the molecule is c1ccc([Si]2(c3ccccc3)c3ccccc3C3(c4ccccc4Sc4ccc(N5c6ccccc6Sc6ccccc65)cc43)c3ccccc32)cc1. The maximum atomic E-state index is 2.52. The monoisotopic (exact) mass is 727 g/mol. The van der Waals surface area contributed by atoms with Crippen molar-refractivity contribution in [3.8, 4) is 0 Å². The van der Waals surface area contributed by atoms with E-state index in [1.165, 1.54) is 79.6 Å². The Hall–Kier alpha value is -5.52. The average molecular weight is 728 g/mol. The molecule has 0 N–H and O–H groups in total. The molecule has 0 unspecified atom stereocenters. The van der Waals surface area contributed by atoms with Gasteiger partial charge in [-0.15, -0.1) is 0 Å². The van der Waals surface area contributed by atoms with Crippen LogP contribution in [0.3, 0.4) is 0 Å². The van der Waals surface area contributed by atoms with E-state index >= 15 is 0 Å². The molecule has 8 aromatic carbocycles. The highest BCUT2D eigenvalue weighted by Crippen LogP contribution is 2.58. The molecule has 250 valence electrons. The summed E-state index contributed by atoms with van der Waals surface area (Å²) in [6, 6.07) is 75.7. The summed E-state index contributed by atoms with van der Waals surface area (Å²) in [6.07, 6.45) is 0. The van der Waals surface area contributed by atoms with Crippen molar-refractivity contribution >= 4 is 69.4 Å². The average Bonchev–Trinajstić information content (AvgIpc) is 3.23. The zero-order chi connectivity index (χ0) is 35.0. The molecule has 3 aliphatic rings. The number of anilines is 3. The van der Waals surface area contributed by atoms with Crippen molar-refractivity contribution in [3.63, 3.8) is 0 Å². The van der Waals surface area contributed by atoms with E-state index in [9.17, 15) is 0 Å². The third kappa shape index (κ3) is 4.29. The molecule has 0 saturated heterocycles. The molecule has 4 heteroatoms. The Bertz CT molecular complexity index is 2570. The Morgan fingerprint density at radius 2 is 0.792 bits per heavy atom. The van der Waals surface area contributed by atoms with Crippen molar-refractivity contribution in [3.05, 3.63) is 222 Å². The quantitative estimate of drug-likeness (QED) is 0.167. The molecular weight excluding hydrogens is 695 g/mol. The smallest absolute Gasteiger partial charge is 0.180 e. The fourth-order valence-electron chi connectivity index (χ4n) is 9.46. The van der Waals surface area contributed by atoms with Crippen LogP contribution in [0.15, 0.2) is 220 Å². The van der Waals surface area contributed by atoms with Gasteiger partial charge in [0.15, 0.2) is 8.07 Å². The van der Waals surface area contributed by atoms with Gasteiger partial charge in [-0.1, -0.05) is 175 Å². The second-order valence-electron chi connectivity index (χ2n) is 14.0. The minimum absolute atomic E-state index is 0.538. The number of hydrogen-bond acceptors (Lipinski definition) is 3. The van der Waals surface area contributed by atoms with Crippen molar-refractivity contribution in [2.24, 2.45) is 0 Å². The summed E-state index contributed by atoms with van der Waals surface area (Å²) in [7, 11) is -2.79. The van der Waals surface area contributed by atoms with Gasteiger partial charge in [-0.3, -0.25) is 0 Å². The van der Waals surface area contributed by atoms with E-state index in [-0.39, 0.29) is 0 Å². The van der Waals surface area contributed by atoms with Crippen molar-refractivity contribution in [1.82, 2.24) is 0 Å². The molecule has 11 rings (SSSR count). The van der Waals surface area contributed by atoms with E-state index in [4.69, 9.17) is 0 Å². The van der Waals surface area contributed by atoms with Crippen molar-refractivity contribution < 1.29 is 0 Å². The lowest BCUT2D eigenvalue weighted by Gasteiger charge is -2.52. The number of para-hydroxylation sites is 2. The van der Waals surface area contributed by atoms with Crippen LogP contribution in [0.1, 0.15) is 22.3 Å². The van der Waals surface area contributed by atoms with Crippen LogP contribution in [-0.4, -0.2) is 8.07 Å². The standard InChI is InChI=1S/C49H33NS2Si/c1-3-17-35(18-4-1)53(36-19-5-2-6-20-36)47-29-15-8-22-38(47)49(39-23-9-16-30-48(39)53)37-21-7-12-26-43(37)51-44-32-31-34(33-40(44)49)50-41-24-10-13-27-45(41)52-46-28-14-11-25-42(46)50/h1-33H. The van der Waals surface area contributed by atoms with Crippen molar-refractivity contribution in [1.29, 1.82) is 0 Å². The summed E-state index contributed by atoms with van der Waals surface area (Å²) < 4.78 is 0. The molecule has 0 radical (unpaired) electrons. The van der Waals surface area contributed by atoms with Gasteiger partial charge < -0.3 is 4.90 Å². The van der Waals surface area contributed by atoms with Crippen LogP contribution in [0.2, 0.25) is 0 Å². The van der Waals surface area contributed by atoms with Gasteiger partial charge in [-0.05, 0) is 91.5 Å². The third-order valence-electron chi connectivity index (χ3n) is 11.5. The molecule has 0 aliphatic carbocycles. The normalized spacial score (nSPS) is 15.3. The number of hydrogen-bond donors (Lipinski definition) is 0. The molecule has 53 heavy (non-hydrogen) atoms. The molecule has 0 saturated carbocycles. The van der Waals surface area contributed by atoms with E-state index in [0.717, 1.165) is 0 Å². The van der Waals surface area contributed by atoms with Gasteiger partial charge in [0.05, 0.1) is 16.8 Å². The van der Waals surface area contributed by atoms with Crippen LogP contribution < -0.4 is 25.6 Å². The predicted molar refractivity (Wildman–Crippen MR) is 225 cm³/mol. The van der Waals surface area contributed by atoms with E-state index in [2.05, 4.69) is 205 Å². The predicted octanol–water partition coefficient (Wildman–Crippen LogP) is 10.2. The lowest BCUT2D eigenvalue weighted by molar-refractivity contribution is 0.707. The fraction of sp³-hybridized carbons (Fsp3) is 0.0204. The lowest BCUT2D eigenvalue weighted by Crippen LogP contribution is -2.79. The van der Waals surface area contributed by atoms with Gasteiger partial charge in [0, 0.05) is 25.3 Å². The van der Waals surface area contributed by atoms with Gasteiger partial charge in [0.2, 0.25) is 0 Å². The van der Waals surface area contributed by atoms with Crippen molar-refractivity contribution in [2.75, 3.05) is 4.90 Å². The highest BCUT2D eigenvalue weighted by molar-refractivity contribution is 8.00. The summed E-state index contributed by atoms with van der Waals surface area (Å²) in [4.78, 5) is 7.64. The summed E-state index contributed by atoms with van der Waals surface area (Å²) in [5, 5.41) is 5.73. The number of benzene rings is 8. The van der Waals surface area contributed by atoms with Gasteiger partial charge in [-0.2, -0.15) is 0 Å². The first-order valence-corrected chi connectivity index (χ1v) is 21.8. The van der Waals surface area contributed by atoms with Crippen LogP contribution in [-0.2, 0) is 5.41 Å². The molecule has 3 aliphatic heterocycles. The number of nitrogens with zero attached hydrogens (tertiary/aromatic N) is 1. The second kappa shape index (κ2) is 12.0. The molecule has 3 heterocycles. The minimum Gasteiger partial charge on any atom is -0.308 e. The number of fused-ring (bicyclic) bond motifs is 10. The Morgan fingerprint density at radius 1 is 0.358 bits per heavy atom. The topological polar surface area (TPSA) is 3.24 Å². The molecule has 8 aromatic rings. The van der Waals surface area contributed by atoms with Crippen LogP contribution in [0.25, 0.3) is 0 Å². The summed E-state index contributed by atoms with van der Waals surface area (Å²) in [6.45, 7) is 0. The molecule has 0 bridgehead atoms. The van der Waals surface area contributed by atoms with E-state index in [0.29, 0.717) is 0 Å². The molecular formula is C49H33NS2Si. The molecule has 0 amide bonds. The zero-order valence-electron chi connectivity index (χ0n) is 28.8. The minimum atomic E-state index is -2.79. The molecule has 0 atom stereocenters. The molecule has 1 nitrogen and oxygen atoms in total. The summed E-state index contributed by atoms with van der Waals surface area (Å²) in [5.74, 6) is 0. The Morgan fingerprint density at radius 3 is 1.38 bits per heavy atom. The van der Waals surface area contributed by atoms with Gasteiger partial charge in [0.1, 0.15) is 0 Å². The Balaban J connectivity index is 1.27. The molecule has 1 spiro atoms. The Kier molecular flexibility index (Phi) is 7.03. The van der Waals surface area contributed by atoms with E-state index < -0.39 is 13.5 Å². The number of rotatable bonds is 3.